The van der Waals surface area contributed by atoms with Gasteiger partial charge in [-0.25, -0.2) is 4.98 Å². The van der Waals surface area contributed by atoms with Crippen molar-refractivity contribution in [1.82, 2.24) is 24.2 Å². The first-order valence-corrected chi connectivity index (χ1v) is 8.98. The third kappa shape index (κ3) is 3.26. The first-order chi connectivity index (χ1) is 11.8. The van der Waals surface area contributed by atoms with Gasteiger partial charge in [0.25, 0.3) is 0 Å². The molecule has 0 saturated carbocycles. The van der Waals surface area contributed by atoms with Gasteiger partial charge in [0.05, 0.1) is 13.0 Å². The van der Waals surface area contributed by atoms with Crippen LogP contribution in [0.4, 0.5) is 0 Å². The second-order valence-corrected chi connectivity index (χ2v) is 6.95. The summed E-state index contributed by atoms with van der Waals surface area (Å²) in [6, 6.07) is 3.95. The van der Waals surface area contributed by atoms with E-state index in [9.17, 15) is 4.79 Å². The number of amides is 1. The van der Waals surface area contributed by atoms with Gasteiger partial charge in [0, 0.05) is 50.3 Å². The van der Waals surface area contributed by atoms with Gasteiger partial charge in [0.1, 0.15) is 5.82 Å². The van der Waals surface area contributed by atoms with Crippen molar-refractivity contribution in [2.75, 3.05) is 6.54 Å². The molecule has 4 heterocycles. The zero-order valence-corrected chi connectivity index (χ0v) is 14.1. The molecule has 0 unspecified atom stereocenters. The summed E-state index contributed by atoms with van der Waals surface area (Å²) in [4.78, 5) is 19.1. The van der Waals surface area contributed by atoms with E-state index in [2.05, 4.69) is 14.6 Å². The van der Waals surface area contributed by atoms with Crippen molar-refractivity contribution in [2.24, 2.45) is 5.92 Å². The number of rotatable bonds is 4. The van der Waals surface area contributed by atoms with Crippen LogP contribution in [0.15, 0.2) is 47.7 Å². The summed E-state index contributed by atoms with van der Waals surface area (Å²) in [6.07, 6.45) is 8.03. The van der Waals surface area contributed by atoms with Crippen LogP contribution in [0.25, 0.3) is 0 Å². The number of fused-ring (bicyclic) bond motifs is 1. The van der Waals surface area contributed by atoms with E-state index < -0.39 is 0 Å². The predicted molar refractivity (Wildman–Crippen MR) is 91.4 cm³/mol. The Morgan fingerprint density at radius 2 is 2.25 bits per heavy atom. The number of thiophene rings is 1. The van der Waals surface area contributed by atoms with Crippen molar-refractivity contribution in [3.05, 3.63) is 59.1 Å². The summed E-state index contributed by atoms with van der Waals surface area (Å²) in [7, 11) is 0. The number of aromatic nitrogens is 4. The molecule has 24 heavy (non-hydrogen) atoms. The molecule has 0 saturated heterocycles. The van der Waals surface area contributed by atoms with Crippen molar-refractivity contribution >= 4 is 17.2 Å². The largest absolute Gasteiger partial charge is 0.335 e. The average molecular weight is 341 g/mol. The molecule has 1 amide bonds. The van der Waals surface area contributed by atoms with Crippen molar-refractivity contribution in [3.63, 3.8) is 0 Å². The molecule has 3 aromatic rings. The van der Waals surface area contributed by atoms with E-state index >= 15 is 0 Å². The SMILES string of the molecule is O=C(Cc1ccsc1)N1Cc2nccn2C[C@H](Cn2cccn2)C1. The Labute approximate surface area is 144 Å². The third-order valence-electron chi connectivity index (χ3n) is 4.36. The van der Waals surface area contributed by atoms with Crippen molar-refractivity contribution in [1.29, 1.82) is 0 Å². The van der Waals surface area contributed by atoms with E-state index in [4.69, 9.17) is 0 Å². The monoisotopic (exact) mass is 341 g/mol. The van der Waals surface area contributed by atoms with Crippen LogP contribution in [-0.4, -0.2) is 36.7 Å². The van der Waals surface area contributed by atoms with Crippen molar-refractivity contribution in [3.8, 4) is 0 Å². The molecule has 0 aliphatic carbocycles. The summed E-state index contributed by atoms with van der Waals surface area (Å²) in [5.74, 6) is 1.43. The first-order valence-electron chi connectivity index (χ1n) is 8.04. The van der Waals surface area contributed by atoms with Gasteiger partial charge < -0.3 is 9.47 Å². The van der Waals surface area contributed by atoms with Crippen LogP contribution in [0.5, 0.6) is 0 Å². The lowest BCUT2D eigenvalue weighted by Crippen LogP contribution is -2.36. The van der Waals surface area contributed by atoms with Gasteiger partial charge in [0.15, 0.2) is 0 Å². The van der Waals surface area contributed by atoms with E-state index in [1.165, 1.54) is 0 Å². The number of carbonyl (C=O) groups is 1. The fourth-order valence-electron chi connectivity index (χ4n) is 3.20. The van der Waals surface area contributed by atoms with Gasteiger partial charge in [0.2, 0.25) is 5.91 Å². The van der Waals surface area contributed by atoms with Crippen molar-refractivity contribution in [2.45, 2.75) is 26.1 Å². The van der Waals surface area contributed by atoms with E-state index in [-0.39, 0.29) is 5.91 Å². The number of carbonyl (C=O) groups excluding carboxylic acids is 1. The molecule has 0 N–H and O–H groups in total. The van der Waals surface area contributed by atoms with Gasteiger partial charge in [-0.2, -0.15) is 16.4 Å². The lowest BCUT2D eigenvalue weighted by atomic mass is 10.1. The second-order valence-electron chi connectivity index (χ2n) is 6.17. The molecule has 1 atom stereocenters. The minimum absolute atomic E-state index is 0.162. The molecule has 1 aliphatic rings. The summed E-state index contributed by atoms with van der Waals surface area (Å²) < 4.78 is 4.10. The Morgan fingerprint density at radius 3 is 3.04 bits per heavy atom. The van der Waals surface area contributed by atoms with Crippen LogP contribution < -0.4 is 0 Å². The Kier molecular flexibility index (Phi) is 4.17. The summed E-state index contributed by atoms with van der Waals surface area (Å²) in [5.41, 5.74) is 1.08. The average Bonchev–Trinajstić information content (AvgIpc) is 3.30. The van der Waals surface area contributed by atoms with Crippen LogP contribution in [0.3, 0.4) is 0 Å². The molecule has 0 radical (unpaired) electrons. The van der Waals surface area contributed by atoms with E-state index in [0.717, 1.165) is 31.0 Å². The highest BCUT2D eigenvalue weighted by molar-refractivity contribution is 7.07. The highest BCUT2D eigenvalue weighted by Gasteiger charge is 2.26. The number of hydrogen-bond donors (Lipinski definition) is 0. The fraction of sp³-hybridized carbons (Fsp3) is 0.353. The van der Waals surface area contributed by atoms with Crippen LogP contribution in [0.2, 0.25) is 0 Å². The Bertz CT molecular complexity index is 793. The van der Waals surface area contributed by atoms with Gasteiger partial charge in [-0.3, -0.25) is 9.48 Å². The predicted octanol–water partition coefficient (Wildman–Crippen LogP) is 2.04. The molecule has 3 aromatic heterocycles. The van der Waals surface area contributed by atoms with E-state index in [1.807, 2.05) is 51.1 Å². The van der Waals surface area contributed by atoms with Gasteiger partial charge in [-0.05, 0) is 28.5 Å². The van der Waals surface area contributed by atoms with E-state index in [1.54, 1.807) is 17.5 Å². The molecule has 0 bridgehead atoms. The van der Waals surface area contributed by atoms with Crippen LogP contribution in [0.1, 0.15) is 11.4 Å². The second kappa shape index (κ2) is 6.60. The Morgan fingerprint density at radius 1 is 1.29 bits per heavy atom. The molecule has 6 nitrogen and oxygen atoms in total. The molecule has 124 valence electrons. The number of nitrogens with zero attached hydrogens (tertiary/aromatic N) is 5. The molecule has 0 fully saturated rings. The molecule has 4 rings (SSSR count). The normalized spacial score (nSPS) is 17.5. The summed E-state index contributed by atoms with van der Waals surface area (Å²) in [5, 5.41) is 8.36. The molecule has 0 spiro atoms. The number of hydrogen-bond acceptors (Lipinski definition) is 4. The van der Waals surface area contributed by atoms with E-state index in [0.29, 0.717) is 18.9 Å². The number of imidazole rings is 1. The van der Waals surface area contributed by atoms with Gasteiger partial charge in [-0.15, -0.1) is 0 Å². The standard InChI is InChI=1S/C17H19N5OS/c23-17(8-14-2-7-24-13-14)21-10-15(11-22-5-1-3-19-22)9-20-6-4-18-16(20)12-21/h1-7,13,15H,8-12H2/t15-/m0/s1. The maximum Gasteiger partial charge on any atom is 0.227 e. The molecular weight excluding hydrogens is 322 g/mol. The zero-order valence-electron chi connectivity index (χ0n) is 13.3. The van der Waals surface area contributed by atoms with Crippen LogP contribution in [-0.2, 0) is 30.8 Å². The molecule has 7 heteroatoms. The zero-order chi connectivity index (χ0) is 16.4. The Balaban J connectivity index is 1.53. The lowest BCUT2D eigenvalue weighted by molar-refractivity contribution is -0.131. The third-order valence-corrected chi connectivity index (χ3v) is 5.09. The maximum absolute atomic E-state index is 12.8. The Hall–Kier alpha value is -2.41. The highest BCUT2D eigenvalue weighted by atomic mass is 32.1. The molecular formula is C17H19N5OS. The minimum Gasteiger partial charge on any atom is -0.335 e. The molecule has 0 aromatic carbocycles. The van der Waals surface area contributed by atoms with Crippen LogP contribution in [0, 0.1) is 5.92 Å². The highest BCUT2D eigenvalue weighted by Crippen LogP contribution is 2.18. The summed E-state index contributed by atoms with van der Waals surface area (Å²) in [6.45, 7) is 2.96. The maximum atomic E-state index is 12.8. The quantitative estimate of drug-likeness (QED) is 0.730. The smallest absolute Gasteiger partial charge is 0.227 e. The fourth-order valence-corrected chi connectivity index (χ4v) is 3.87. The first kappa shape index (κ1) is 15.1. The van der Waals surface area contributed by atoms with Gasteiger partial charge in [-0.1, -0.05) is 0 Å². The summed E-state index contributed by atoms with van der Waals surface area (Å²) >= 11 is 1.63. The van der Waals surface area contributed by atoms with Crippen molar-refractivity contribution < 1.29 is 4.79 Å². The van der Waals surface area contributed by atoms with Gasteiger partial charge >= 0.3 is 0 Å². The topological polar surface area (TPSA) is 56.0 Å². The van der Waals surface area contributed by atoms with Crippen LogP contribution >= 0.6 is 11.3 Å². The lowest BCUT2D eigenvalue weighted by Gasteiger charge is -2.24. The minimum atomic E-state index is 0.162. The molecule has 1 aliphatic heterocycles.